The third-order valence-corrected chi connectivity index (χ3v) is 3.53. The Bertz CT molecular complexity index is 260. The van der Waals surface area contributed by atoms with E-state index >= 15 is 0 Å². The number of ketones is 1. The van der Waals surface area contributed by atoms with Crippen LogP contribution in [0.5, 0.6) is 0 Å². The van der Waals surface area contributed by atoms with E-state index in [1.165, 1.54) is 7.11 Å². The molecule has 1 saturated carbocycles. The van der Waals surface area contributed by atoms with E-state index in [4.69, 9.17) is 4.74 Å². The molecule has 0 atom stereocenters. The zero-order valence-corrected chi connectivity index (χ0v) is 10.5. The smallest absolute Gasteiger partial charge is 0.319 e. The highest BCUT2D eigenvalue weighted by atomic mass is 16.5. The van der Waals surface area contributed by atoms with Gasteiger partial charge in [-0.1, -0.05) is 39.5 Å². The summed E-state index contributed by atoms with van der Waals surface area (Å²) in [5.74, 6) is -0.369. The molecule has 0 saturated heterocycles. The minimum atomic E-state index is -0.848. The molecule has 3 nitrogen and oxygen atoms in total. The topological polar surface area (TPSA) is 43.4 Å². The maximum atomic E-state index is 12.3. The average Bonchev–Trinajstić information content (AvgIpc) is 2.53. The number of rotatable bonds is 3. The van der Waals surface area contributed by atoms with Gasteiger partial charge in [-0.2, -0.15) is 0 Å². The first-order chi connectivity index (χ1) is 7.54. The minimum absolute atomic E-state index is 0.0567. The molecule has 0 aromatic rings. The first-order valence-electron chi connectivity index (χ1n) is 6.17. The van der Waals surface area contributed by atoms with E-state index in [0.29, 0.717) is 12.8 Å². The maximum Gasteiger partial charge on any atom is 0.319 e. The second-order valence-electron chi connectivity index (χ2n) is 5.01. The van der Waals surface area contributed by atoms with Gasteiger partial charge in [0.05, 0.1) is 7.11 Å². The Balaban J connectivity index is 2.99. The predicted molar refractivity (Wildman–Crippen MR) is 62.0 cm³/mol. The summed E-state index contributed by atoms with van der Waals surface area (Å²) >= 11 is 0. The van der Waals surface area contributed by atoms with E-state index in [9.17, 15) is 9.59 Å². The van der Waals surface area contributed by atoms with Gasteiger partial charge < -0.3 is 4.74 Å². The van der Waals surface area contributed by atoms with Gasteiger partial charge in [-0.15, -0.1) is 0 Å². The van der Waals surface area contributed by atoms with Crippen LogP contribution in [-0.2, 0) is 14.3 Å². The lowest BCUT2D eigenvalue weighted by molar-refractivity contribution is -0.160. The van der Waals surface area contributed by atoms with Gasteiger partial charge in [0.25, 0.3) is 0 Å². The van der Waals surface area contributed by atoms with Crippen molar-refractivity contribution < 1.29 is 14.3 Å². The molecule has 0 unspecified atom stereocenters. The fraction of sp³-hybridized carbons (Fsp3) is 0.846. The van der Waals surface area contributed by atoms with Crippen LogP contribution in [0.25, 0.3) is 0 Å². The van der Waals surface area contributed by atoms with E-state index in [2.05, 4.69) is 0 Å². The second kappa shape index (κ2) is 5.46. The number of Topliss-reactive ketones (excluding diaryl/α,β-unsaturated/α-hetero) is 1. The van der Waals surface area contributed by atoms with Gasteiger partial charge in [-0.05, 0) is 12.8 Å². The monoisotopic (exact) mass is 226 g/mol. The Labute approximate surface area is 97.5 Å². The Hall–Kier alpha value is -0.860. The van der Waals surface area contributed by atoms with Crippen LogP contribution in [0.4, 0.5) is 0 Å². The van der Waals surface area contributed by atoms with Crippen LogP contribution in [0.2, 0.25) is 0 Å². The Kier molecular flexibility index (Phi) is 4.51. The lowest BCUT2D eigenvalue weighted by Gasteiger charge is -2.29. The van der Waals surface area contributed by atoms with Crippen LogP contribution < -0.4 is 0 Å². The number of carbonyl (C=O) groups is 2. The van der Waals surface area contributed by atoms with Gasteiger partial charge in [0.1, 0.15) is 5.41 Å². The number of carbonyl (C=O) groups excluding carboxylic acids is 2. The molecular formula is C13H22O3. The molecule has 16 heavy (non-hydrogen) atoms. The van der Waals surface area contributed by atoms with Crippen LogP contribution in [0.15, 0.2) is 0 Å². The number of methoxy groups -OCH3 is 1. The van der Waals surface area contributed by atoms with E-state index < -0.39 is 5.41 Å². The summed E-state index contributed by atoms with van der Waals surface area (Å²) in [5.41, 5.74) is -0.848. The molecule has 0 amide bonds. The summed E-state index contributed by atoms with van der Waals surface area (Å²) in [6.07, 6.45) is 5.46. The summed E-state index contributed by atoms with van der Waals surface area (Å²) in [7, 11) is 1.38. The number of hydrogen-bond acceptors (Lipinski definition) is 3. The van der Waals surface area contributed by atoms with E-state index in [-0.39, 0.29) is 17.7 Å². The minimum Gasteiger partial charge on any atom is -0.468 e. The quantitative estimate of drug-likeness (QED) is 0.422. The first kappa shape index (κ1) is 13.2. The van der Waals surface area contributed by atoms with Gasteiger partial charge >= 0.3 is 5.97 Å². The van der Waals surface area contributed by atoms with Crippen molar-refractivity contribution in [3.8, 4) is 0 Å². The fourth-order valence-electron chi connectivity index (χ4n) is 2.63. The third kappa shape index (κ3) is 2.45. The Morgan fingerprint density at radius 2 is 1.56 bits per heavy atom. The molecule has 0 spiro atoms. The zero-order valence-electron chi connectivity index (χ0n) is 10.5. The highest BCUT2D eigenvalue weighted by Gasteiger charge is 2.46. The molecule has 0 heterocycles. The number of esters is 1. The SMILES string of the molecule is COC(=O)C1(C(=O)C(C)C)CCCCCC1. The van der Waals surface area contributed by atoms with Crippen molar-refractivity contribution in [1.82, 2.24) is 0 Å². The molecule has 3 heteroatoms. The summed E-state index contributed by atoms with van der Waals surface area (Å²) in [6, 6.07) is 0. The number of hydrogen-bond donors (Lipinski definition) is 0. The normalized spacial score (nSPS) is 20.2. The molecule has 0 N–H and O–H groups in total. The summed E-state index contributed by atoms with van der Waals surface area (Å²) < 4.78 is 4.86. The molecular weight excluding hydrogens is 204 g/mol. The molecule has 0 aliphatic heterocycles. The second-order valence-corrected chi connectivity index (χ2v) is 5.01. The van der Waals surface area contributed by atoms with Crippen molar-refractivity contribution in [3.63, 3.8) is 0 Å². The highest BCUT2D eigenvalue weighted by molar-refractivity contribution is 6.04. The van der Waals surface area contributed by atoms with Gasteiger partial charge in [0, 0.05) is 5.92 Å². The molecule has 92 valence electrons. The van der Waals surface area contributed by atoms with Crippen LogP contribution in [-0.4, -0.2) is 18.9 Å². The third-order valence-electron chi connectivity index (χ3n) is 3.53. The first-order valence-corrected chi connectivity index (χ1v) is 6.17. The van der Waals surface area contributed by atoms with Crippen LogP contribution in [0.3, 0.4) is 0 Å². The van der Waals surface area contributed by atoms with E-state index in [0.717, 1.165) is 25.7 Å². The van der Waals surface area contributed by atoms with Gasteiger partial charge in [0.2, 0.25) is 0 Å². The molecule has 1 aliphatic rings. The van der Waals surface area contributed by atoms with Crippen LogP contribution in [0, 0.1) is 11.3 Å². The summed E-state index contributed by atoms with van der Waals surface area (Å²) in [6.45, 7) is 3.72. The van der Waals surface area contributed by atoms with Gasteiger partial charge in [0.15, 0.2) is 5.78 Å². The largest absolute Gasteiger partial charge is 0.468 e. The Morgan fingerprint density at radius 3 is 1.94 bits per heavy atom. The number of ether oxygens (including phenoxy) is 1. The lowest BCUT2D eigenvalue weighted by Crippen LogP contribution is -2.42. The average molecular weight is 226 g/mol. The van der Waals surface area contributed by atoms with Gasteiger partial charge in [-0.25, -0.2) is 0 Å². The Morgan fingerprint density at radius 1 is 1.06 bits per heavy atom. The summed E-state index contributed by atoms with van der Waals surface area (Å²) in [4.78, 5) is 24.2. The highest BCUT2D eigenvalue weighted by Crippen LogP contribution is 2.39. The zero-order chi connectivity index (χ0) is 12.2. The molecule has 0 aromatic heterocycles. The van der Waals surface area contributed by atoms with Crippen molar-refractivity contribution in [3.05, 3.63) is 0 Å². The molecule has 0 aromatic carbocycles. The standard InChI is InChI=1S/C13H22O3/c1-10(2)11(14)13(12(15)16-3)8-6-4-5-7-9-13/h10H,4-9H2,1-3H3. The van der Waals surface area contributed by atoms with Crippen LogP contribution in [0.1, 0.15) is 52.4 Å². The maximum absolute atomic E-state index is 12.3. The van der Waals surface area contributed by atoms with Crippen molar-refractivity contribution in [1.29, 1.82) is 0 Å². The van der Waals surface area contributed by atoms with Gasteiger partial charge in [-0.3, -0.25) is 9.59 Å². The lowest BCUT2D eigenvalue weighted by atomic mass is 9.73. The predicted octanol–water partition coefficient (Wildman–Crippen LogP) is 2.73. The van der Waals surface area contributed by atoms with Crippen LogP contribution >= 0.6 is 0 Å². The van der Waals surface area contributed by atoms with Crippen molar-refractivity contribution >= 4 is 11.8 Å². The van der Waals surface area contributed by atoms with Crippen molar-refractivity contribution in [2.75, 3.05) is 7.11 Å². The fourth-order valence-corrected chi connectivity index (χ4v) is 2.63. The molecule has 1 fully saturated rings. The molecule has 0 radical (unpaired) electrons. The van der Waals surface area contributed by atoms with Crippen molar-refractivity contribution in [2.24, 2.45) is 11.3 Å². The van der Waals surface area contributed by atoms with Crippen molar-refractivity contribution in [2.45, 2.75) is 52.4 Å². The molecule has 0 bridgehead atoms. The molecule has 1 rings (SSSR count). The summed E-state index contributed by atoms with van der Waals surface area (Å²) in [5, 5.41) is 0. The van der Waals surface area contributed by atoms with E-state index in [1.807, 2.05) is 13.8 Å². The van der Waals surface area contributed by atoms with E-state index in [1.54, 1.807) is 0 Å². The molecule has 1 aliphatic carbocycles.